The van der Waals surface area contributed by atoms with Gasteiger partial charge in [-0.15, -0.1) is 0 Å². The van der Waals surface area contributed by atoms with E-state index in [4.69, 9.17) is 21.1 Å². The number of aromatic nitrogens is 1. The number of benzene rings is 1. The van der Waals surface area contributed by atoms with E-state index < -0.39 is 0 Å². The molecular formula is C14H14BrClN2O2. The molecule has 0 saturated carbocycles. The molecule has 0 aliphatic rings. The Morgan fingerprint density at radius 3 is 2.70 bits per heavy atom. The first-order chi connectivity index (χ1) is 9.65. The molecule has 2 rings (SSSR count). The second kappa shape index (κ2) is 6.81. The van der Waals surface area contributed by atoms with Crippen LogP contribution in [0.2, 0.25) is 5.02 Å². The minimum atomic E-state index is 0.512. The van der Waals surface area contributed by atoms with Crippen LogP contribution in [-0.4, -0.2) is 19.2 Å². The average molecular weight is 358 g/mol. The molecule has 0 spiro atoms. The zero-order chi connectivity index (χ0) is 14.5. The fourth-order valence-electron chi connectivity index (χ4n) is 1.77. The van der Waals surface area contributed by atoms with Crippen LogP contribution in [-0.2, 0) is 6.54 Å². The van der Waals surface area contributed by atoms with Crippen molar-refractivity contribution in [3.8, 4) is 11.5 Å². The van der Waals surface area contributed by atoms with Crippen molar-refractivity contribution in [3.05, 3.63) is 45.7 Å². The molecule has 0 aliphatic carbocycles. The summed E-state index contributed by atoms with van der Waals surface area (Å²) in [4.78, 5) is 4.30. The number of rotatable bonds is 5. The van der Waals surface area contributed by atoms with E-state index in [1.54, 1.807) is 26.5 Å². The molecule has 0 radical (unpaired) electrons. The van der Waals surface area contributed by atoms with Gasteiger partial charge in [0.25, 0.3) is 0 Å². The fraction of sp³-hybridized carbons (Fsp3) is 0.214. The lowest BCUT2D eigenvalue weighted by Gasteiger charge is -2.13. The highest BCUT2D eigenvalue weighted by Crippen LogP contribution is 2.30. The monoisotopic (exact) mass is 356 g/mol. The Morgan fingerprint density at radius 1 is 1.25 bits per heavy atom. The zero-order valence-corrected chi connectivity index (χ0v) is 13.5. The second-order valence-electron chi connectivity index (χ2n) is 3.98. The number of hydrogen-bond donors (Lipinski definition) is 1. The molecule has 2 aromatic rings. The number of nitrogens with one attached hydrogen (secondary N) is 1. The van der Waals surface area contributed by atoms with Crippen molar-refractivity contribution >= 4 is 33.2 Å². The predicted molar refractivity (Wildman–Crippen MR) is 83.8 cm³/mol. The van der Waals surface area contributed by atoms with Gasteiger partial charge in [0.1, 0.15) is 5.69 Å². The first-order valence-electron chi connectivity index (χ1n) is 5.90. The van der Waals surface area contributed by atoms with Gasteiger partial charge in [0.05, 0.1) is 25.8 Å². The topological polar surface area (TPSA) is 43.4 Å². The van der Waals surface area contributed by atoms with E-state index in [2.05, 4.69) is 26.2 Å². The van der Waals surface area contributed by atoms with E-state index in [0.717, 1.165) is 15.9 Å². The van der Waals surface area contributed by atoms with Gasteiger partial charge < -0.3 is 14.8 Å². The van der Waals surface area contributed by atoms with Crippen molar-refractivity contribution in [2.75, 3.05) is 19.5 Å². The molecule has 1 aromatic carbocycles. The Hall–Kier alpha value is -1.46. The number of nitrogens with zero attached hydrogens (tertiary/aromatic N) is 1. The van der Waals surface area contributed by atoms with Gasteiger partial charge in [-0.2, -0.15) is 0 Å². The highest BCUT2D eigenvalue weighted by Gasteiger charge is 2.10. The summed E-state index contributed by atoms with van der Waals surface area (Å²) in [6, 6.07) is 7.43. The zero-order valence-electron chi connectivity index (χ0n) is 11.1. The highest BCUT2D eigenvalue weighted by molar-refractivity contribution is 9.10. The Morgan fingerprint density at radius 2 is 2.05 bits per heavy atom. The Bertz CT molecular complexity index is 608. The van der Waals surface area contributed by atoms with Crippen LogP contribution in [0.15, 0.2) is 34.9 Å². The molecule has 0 amide bonds. The van der Waals surface area contributed by atoms with Crippen molar-refractivity contribution in [2.24, 2.45) is 0 Å². The molecule has 1 N–H and O–H groups in total. The summed E-state index contributed by atoms with van der Waals surface area (Å²) < 4.78 is 11.4. The third-order valence-corrected chi connectivity index (χ3v) is 3.98. The van der Waals surface area contributed by atoms with Crippen LogP contribution in [0.4, 0.5) is 5.69 Å². The van der Waals surface area contributed by atoms with Gasteiger partial charge in [-0.3, -0.25) is 4.98 Å². The summed E-state index contributed by atoms with van der Waals surface area (Å²) in [6.07, 6.45) is 1.69. The molecule has 0 saturated heterocycles. The summed E-state index contributed by atoms with van der Waals surface area (Å²) in [6.45, 7) is 0.512. The lowest BCUT2D eigenvalue weighted by atomic mass is 10.2. The van der Waals surface area contributed by atoms with E-state index in [9.17, 15) is 0 Å². The summed E-state index contributed by atoms with van der Waals surface area (Å²) >= 11 is 9.41. The quantitative estimate of drug-likeness (QED) is 0.874. The third-order valence-electron chi connectivity index (χ3n) is 2.75. The van der Waals surface area contributed by atoms with Crippen molar-refractivity contribution in [1.29, 1.82) is 0 Å². The Kier molecular flexibility index (Phi) is 5.09. The summed E-state index contributed by atoms with van der Waals surface area (Å²) in [5.41, 5.74) is 1.68. The maximum Gasteiger partial charge on any atom is 0.184 e. The minimum Gasteiger partial charge on any atom is -0.493 e. The van der Waals surface area contributed by atoms with Gasteiger partial charge in [-0.05, 0) is 34.1 Å². The van der Waals surface area contributed by atoms with Crippen LogP contribution < -0.4 is 14.8 Å². The van der Waals surface area contributed by atoms with Crippen LogP contribution in [0.5, 0.6) is 11.5 Å². The number of hydrogen-bond acceptors (Lipinski definition) is 4. The minimum absolute atomic E-state index is 0.512. The standard InChI is InChI=1S/C14H14BrClN2O2/c1-19-13-5-6-17-12(14(13)20-2)8-18-9-3-4-10(15)11(16)7-9/h3-7,18H,8H2,1-2H3. The van der Waals surface area contributed by atoms with Gasteiger partial charge in [0.2, 0.25) is 0 Å². The smallest absolute Gasteiger partial charge is 0.184 e. The van der Waals surface area contributed by atoms with E-state index in [1.807, 2.05) is 18.2 Å². The molecule has 0 aliphatic heterocycles. The van der Waals surface area contributed by atoms with E-state index in [0.29, 0.717) is 23.1 Å². The molecule has 106 valence electrons. The number of pyridine rings is 1. The van der Waals surface area contributed by atoms with Crippen LogP contribution in [0.1, 0.15) is 5.69 Å². The van der Waals surface area contributed by atoms with Crippen molar-refractivity contribution in [1.82, 2.24) is 4.98 Å². The SMILES string of the molecule is COc1ccnc(CNc2ccc(Br)c(Cl)c2)c1OC. The number of halogens is 2. The molecule has 0 unspecified atom stereocenters. The number of methoxy groups -OCH3 is 2. The highest BCUT2D eigenvalue weighted by atomic mass is 79.9. The maximum absolute atomic E-state index is 6.05. The van der Waals surface area contributed by atoms with Crippen molar-refractivity contribution < 1.29 is 9.47 Å². The van der Waals surface area contributed by atoms with Crippen LogP contribution in [0.25, 0.3) is 0 Å². The number of anilines is 1. The molecule has 4 nitrogen and oxygen atoms in total. The van der Waals surface area contributed by atoms with Gasteiger partial charge in [-0.1, -0.05) is 11.6 Å². The second-order valence-corrected chi connectivity index (χ2v) is 5.24. The first-order valence-corrected chi connectivity index (χ1v) is 7.07. The van der Waals surface area contributed by atoms with Gasteiger partial charge in [0, 0.05) is 22.4 Å². The van der Waals surface area contributed by atoms with Crippen LogP contribution >= 0.6 is 27.5 Å². The number of ether oxygens (including phenoxy) is 2. The first kappa shape index (κ1) is 14.9. The molecule has 20 heavy (non-hydrogen) atoms. The lowest BCUT2D eigenvalue weighted by Crippen LogP contribution is -2.05. The lowest BCUT2D eigenvalue weighted by molar-refractivity contribution is 0.350. The third kappa shape index (κ3) is 3.35. The van der Waals surface area contributed by atoms with Gasteiger partial charge >= 0.3 is 0 Å². The van der Waals surface area contributed by atoms with E-state index in [1.165, 1.54) is 0 Å². The maximum atomic E-state index is 6.05. The van der Waals surface area contributed by atoms with Gasteiger partial charge in [-0.25, -0.2) is 0 Å². The molecule has 1 heterocycles. The molecule has 1 aromatic heterocycles. The van der Waals surface area contributed by atoms with Gasteiger partial charge in [0.15, 0.2) is 11.5 Å². The summed E-state index contributed by atoms with van der Waals surface area (Å²) in [5, 5.41) is 3.90. The summed E-state index contributed by atoms with van der Waals surface area (Å²) in [5.74, 6) is 1.29. The van der Waals surface area contributed by atoms with Crippen molar-refractivity contribution in [2.45, 2.75) is 6.54 Å². The van der Waals surface area contributed by atoms with E-state index in [-0.39, 0.29) is 0 Å². The van der Waals surface area contributed by atoms with Crippen molar-refractivity contribution in [3.63, 3.8) is 0 Å². The average Bonchev–Trinajstić information content (AvgIpc) is 2.47. The molecular weight excluding hydrogens is 344 g/mol. The molecule has 6 heteroatoms. The van der Waals surface area contributed by atoms with Crippen LogP contribution in [0, 0.1) is 0 Å². The van der Waals surface area contributed by atoms with Crippen LogP contribution in [0.3, 0.4) is 0 Å². The predicted octanol–water partition coefficient (Wildman–Crippen LogP) is 4.13. The fourth-order valence-corrected chi connectivity index (χ4v) is 2.20. The molecule has 0 atom stereocenters. The normalized spacial score (nSPS) is 10.2. The Balaban J connectivity index is 2.16. The largest absolute Gasteiger partial charge is 0.493 e. The summed E-state index contributed by atoms with van der Waals surface area (Å²) in [7, 11) is 3.20. The molecule has 0 fully saturated rings. The molecule has 0 bridgehead atoms. The Labute approximate surface area is 131 Å². The van der Waals surface area contributed by atoms with E-state index >= 15 is 0 Å².